The molecule has 0 radical (unpaired) electrons. The fraction of sp³-hybridized carbons (Fsp3) is 0.333. The standard InChI is InChI=1S/C18H20N4O4/c1-11(2)9-19-16(23)10-22-17(24)8-13(15-7-12(3)21-26-15)18(20-22)14-5-4-6-25-14/h4-8,11H,9-10H2,1-3H3,(H,19,23). The number of furan rings is 1. The molecule has 0 unspecified atom stereocenters. The molecule has 1 amide bonds. The van der Waals surface area contributed by atoms with Gasteiger partial charge in [0, 0.05) is 18.7 Å². The zero-order chi connectivity index (χ0) is 18.7. The van der Waals surface area contributed by atoms with E-state index in [1.54, 1.807) is 25.1 Å². The number of amides is 1. The predicted molar refractivity (Wildman–Crippen MR) is 94.3 cm³/mol. The van der Waals surface area contributed by atoms with Crippen LogP contribution in [0.3, 0.4) is 0 Å². The third kappa shape index (κ3) is 3.90. The summed E-state index contributed by atoms with van der Waals surface area (Å²) in [5, 5.41) is 11.0. The zero-order valence-corrected chi connectivity index (χ0v) is 14.9. The molecule has 3 aromatic heterocycles. The van der Waals surface area contributed by atoms with Gasteiger partial charge in [-0.15, -0.1) is 0 Å². The summed E-state index contributed by atoms with van der Waals surface area (Å²) in [6, 6.07) is 6.53. The summed E-state index contributed by atoms with van der Waals surface area (Å²) in [4.78, 5) is 24.5. The first kappa shape index (κ1) is 17.7. The highest BCUT2D eigenvalue weighted by molar-refractivity contribution is 5.77. The Morgan fingerprint density at radius 3 is 2.73 bits per heavy atom. The minimum Gasteiger partial charge on any atom is -0.463 e. The van der Waals surface area contributed by atoms with Crippen molar-refractivity contribution in [2.75, 3.05) is 6.54 Å². The monoisotopic (exact) mass is 356 g/mol. The SMILES string of the molecule is Cc1cc(-c2cc(=O)n(CC(=O)NCC(C)C)nc2-c2ccco2)on1. The maximum atomic E-state index is 12.4. The van der Waals surface area contributed by atoms with Gasteiger partial charge in [0.25, 0.3) is 5.56 Å². The minimum atomic E-state index is -0.413. The highest BCUT2D eigenvalue weighted by Crippen LogP contribution is 2.29. The number of rotatable bonds is 6. The second kappa shape index (κ2) is 7.38. The van der Waals surface area contributed by atoms with Crippen LogP contribution in [0.15, 0.2) is 44.3 Å². The van der Waals surface area contributed by atoms with E-state index in [-0.39, 0.29) is 12.5 Å². The first-order chi connectivity index (χ1) is 12.4. The van der Waals surface area contributed by atoms with Crippen LogP contribution < -0.4 is 10.9 Å². The summed E-state index contributed by atoms with van der Waals surface area (Å²) in [7, 11) is 0. The molecule has 0 bridgehead atoms. The second-order valence-corrected chi connectivity index (χ2v) is 6.41. The van der Waals surface area contributed by atoms with Gasteiger partial charge in [0.15, 0.2) is 11.5 Å². The van der Waals surface area contributed by atoms with Crippen molar-refractivity contribution in [2.45, 2.75) is 27.3 Å². The van der Waals surface area contributed by atoms with E-state index in [0.29, 0.717) is 40.9 Å². The normalized spacial score (nSPS) is 11.1. The third-order valence-corrected chi connectivity index (χ3v) is 3.65. The molecule has 0 atom stereocenters. The van der Waals surface area contributed by atoms with Crippen molar-refractivity contribution < 1.29 is 13.7 Å². The van der Waals surface area contributed by atoms with Gasteiger partial charge in [-0.1, -0.05) is 19.0 Å². The summed E-state index contributed by atoms with van der Waals surface area (Å²) < 4.78 is 11.8. The highest BCUT2D eigenvalue weighted by atomic mass is 16.5. The summed E-state index contributed by atoms with van der Waals surface area (Å²) in [6.07, 6.45) is 1.51. The van der Waals surface area contributed by atoms with Crippen LogP contribution in [0.1, 0.15) is 19.5 Å². The molecule has 0 saturated heterocycles. The topological polar surface area (TPSA) is 103 Å². The van der Waals surface area contributed by atoms with Gasteiger partial charge in [0.2, 0.25) is 5.91 Å². The van der Waals surface area contributed by atoms with E-state index in [1.807, 2.05) is 13.8 Å². The van der Waals surface area contributed by atoms with Gasteiger partial charge in [0.1, 0.15) is 12.2 Å². The summed E-state index contributed by atoms with van der Waals surface area (Å²) in [6.45, 7) is 6.14. The molecule has 0 aliphatic heterocycles. The van der Waals surface area contributed by atoms with Gasteiger partial charge >= 0.3 is 0 Å². The second-order valence-electron chi connectivity index (χ2n) is 6.41. The molecule has 0 saturated carbocycles. The van der Waals surface area contributed by atoms with Crippen molar-refractivity contribution in [1.82, 2.24) is 20.3 Å². The number of carbonyl (C=O) groups excluding carboxylic acids is 1. The molecule has 136 valence electrons. The molecule has 3 rings (SSSR count). The van der Waals surface area contributed by atoms with Crippen LogP contribution in [0.25, 0.3) is 22.8 Å². The summed E-state index contributed by atoms with van der Waals surface area (Å²) >= 11 is 0. The van der Waals surface area contributed by atoms with E-state index in [0.717, 1.165) is 4.68 Å². The van der Waals surface area contributed by atoms with Crippen LogP contribution in [0.2, 0.25) is 0 Å². The van der Waals surface area contributed by atoms with E-state index in [2.05, 4.69) is 15.6 Å². The number of aryl methyl sites for hydroxylation is 1. The molecule has 8 nitrogen and oxygen atoms in total. The Kier molecular flexibility index (Phi) is 5.01. The molecular formula is C18H20N4O4. The number of hydrogen-bond donors (Lipinski definition) is 1. The van der Waals surface area contributed by atoms with Gasteiger partial charge in [-0.3, -0.25) is 9.59 Å². The Bertz CT molecular complexity index is 954. The quantitative estimate of drug-likeness (QED) is 0.726. The lowest BCUT2D eigenvalue weighted by Gasteiger charge is -2.10. The van der Waals surface area contributed by atoms with Crippen LogP contribution in [-0.4, -0.2) is 27.4 Å². The lowest BCUT2D eigenvalue weighted by atomic mass is 10.1. The highest BCUT2D eigenvalue weighted by Gasteiger charge is 2.19. The Morgan fingerprint density at radius 2 is 2.12 bits per heavy atom. The summed E-state index contributed by atoms with van der Waals surface area (Å²) in [5.74, 6) is 0.918. The average Bonchev–Trinajstić information content (AvgIpc) is 3.26. The molecule has 0 fully saturated rings. The fourth-order valence-electron chi connectivity index (χ4n) is 2.39. The molecular weight excluding hydrogens is 336 g/mol. The number of carbonyl (C=O) groups is 1. The maximum absolute atomic E-state index is 12.4. The molecule has 0 spiro atoms. The summed E-state index contributed by atoms with van der Waals surface area (Å²) in [5.41, 5.74) is 1.14. The Hall–Kier alpha value is -3.16. The molecule has 1 N–H and O–H groups in total. The molecule has 0 aromatic carbocycles. The van der Waals surface area contributed by atoms with Crippen molar-refractivity contribution in [1.29, 1.82) is 0 Å². The third-order valence-electron chi connectivity index (χ3n) is 3.65. The van der Waals surface area contributed by atoms with Gasteiger partial charge < -0.3 is 14.3 Å². The predicted octanol–water partition coefficient (Wildman–Crippen LogP) is 2.24. The molecule has 3 heterocycles. The van der Waals surface area contributed by atoms with Crippen LogP contribution in [0, 0.1) is 12.8 Å². The lowest BCUT2D eigenvalue weighted by Crippen LogP contribution is -2.35. The molecule has 0 aliphatic rings. The zero-order valence-electron chi connectivity index (χ0n) is 14.9. The van der Waals surface area contributed by atoms with Gasteiger partial charge in [-0.2, -0.15) is 5.10 Å². The largest absolute Gasteiger partial charge is 0.463 e. The maximum Gasteiger partial charge on any atom is 0.268 e. The van der Waals surface area contributed by atoms with Crippen LogP contribution in [0.4, 0.5) is 0 Å². The van der Waals surface area contributed by atoms with E-state index in [1.165, 1.54) is 12.3 Å². The Morgan fingerprint density at radius 1 is 1.31 bits per heavy atom. The Balaban J connectivity index is 1.99. The molecule has 3 aromatic rings. The first-order valence-corrected chi connectivity index (χ1v) is 8.30. The number of aromatic nitrogens is 3. The van der Waals surface area contributed by atoms with E-state index in [4.69, 9.17) is 8.94 Å². The molecule has 26 heavy (non-hydrogen) atoms. The smallest absolute Gasteiger partial charge is 0.268 e. The van der Waals surface area contributed by atoms with Crippen LogP contribution in [0.5, 0.6) is 0 Å². The van der Waals surface area contributed by atoms with Crippen molar-refractivity contribution >= 4 is 5.91 Å². The van der Waals surface area contributed by atoms with Crippen molar-refractivity contribution in [3.63, 3.8) is 0 Å². The van der Waals surface area contributed by atoms with Crippen LogP contribution >= 0.6 is 0 Å². The van der Waals surface area contributed by atoms with Gasteiger partial charge in [-0.05, 0) is 25.0 Å². The molecule has 0 aliphatic carbocycles. The van der Waals surface area contributed by atoms with Crippen molar-refractivity contribution in [2.24, 2.45) is 5.92 Å². The molecule has 8 heteroatoms. The van der Waals surface area contributed by atoms with Crippen molar-refractivity contribution in [3.05, 3.63) is 46.6 Å². The van der Waals surface area contributed by atoms with E-state index in [9.17, 15) is 9.59 Å². The van der Waals surface area contributed by atoms with Gasteiger partial charge in [-0.25, -0.2) is 4.68 Å². The Labute approximate surface area is 149 Å². The average molecular weight is 356 g/mol. The fourth-order valence-corrected chi connectivity index (χ4v) is 2.39. The number of nitrogens with one attached hydrogen (secondary N) is 1. The minimum absolute atomic E-state index is 0.172. The lowest BCUT2D eigenvalue weighted by molar-refractivity contribution is -0.122. The number of hydrogen-bond acceptors (Lipinski definition) is 6. The number of nitrogens with zero attached hydrogens (tertiary/aromatic N) is 3. The van der Waals surface area contributed by atoms with Crippen molar-refractivity contribution in [3.8, 4) is 22.8 Å². The van der Waals surface area contributed by atoms with E-state index >= 15 is 0 Å². The van der Waals surface area contributed by atoms with E-state index < -0.39 is 5.56 Å². The van der Waals surface area contributed by atoms with Crippen LogP contribution in [-0.2, 0) is 11.3 Å². The first-order valence-electron chi connectivity index (χ1n) is 8.30. The van der Waals surface area contributed by atoms with Gasteiger partial charge in [0.05, 0.1) is 17.5 Å².